The van der Waals surface area contributed by atoms with Gasteiger partial charge in [0.2, 0.25) is 5.78 Å². The maximum absolute atomic E-state index is 13.3. The second kappa shape index (κ2) is 7.39. The number of nitrogens with zero attached hydrogens (tertiary/aromatic N) is 5. The summed E-state index contributed by atoms with van der Waals surface area (Å²) in [5, 5.41) is 0. The third kappa shape index (κ3) is 3.49. The molecule has 0 unspecified atom stereocenters. The predicted octanol–water partition coefficient (Wildman–Crippen LogP) is 2.41. The van der Waals surface area contributed by atoms with Crippen molar-refractivity contribution in [2.24, 2.45) is 18.4 Å². The highest BCUT2D eigenvalue weighted by molar-refractivity contribution is 5.76. The lowest BCUT2D eigenvalue weighted by molar-refractivity contribution is -0.140. The van der Waals surface area contributed by atoms with Crippen molar-refractivity contribution < 1.29 is 9.53 Å². The summed E-state index contributed by atoms with van der Waals surface area (Å²) in [7, 11) is 2.89. The molecule has 3 heterocycles. The molecule has 1 saturated carbocycles. The number of carbonyl (C=O) groups excluding carboxylic acids is 1. The van der Waals surface area contributed by atoms with E-state index in [1.54, 1.807) is 11.4 Å². The topological polar surface area (TPSA) is 92.5 Å². The van der Waals surface area contributed by atoms with Gasteiger partial charge >= 0.3 is 11.7 Å². The highest BCUT2D eigenvalue weighted by Crippen LogP contribution is 2.44. The first-order valence-corrected chi connectivity index (χ1v) is 10.8. The summed E-state index contributed by atoms with van der Waals surface area (Å²) in [6, 6.07) is 0.284. The maximum atomic E-state index is 13.3. The number of aryl methyl sites for hydroxylation is 2. The van der Waals surface area contributed by atoms with Gasteiger partial charge in [0.1, 0.15) is 0 Å². The number of aromatic nitrogens is 5. The fourth-order valence-electron chi connectivity index (χ4n) is 5.47. The Labute approximate surface area is 180 Å². The molecule has 168 valence electrons. The molecule has 0 amide bonds. The van der Waals surface area contributed by atoms with E-state index >= 15 is 0 Å². The number of esters is 1. The molecule has 1 aliphatic carbocycles. The molecular weight excluding hydrogens is 398 g/mol. The van der Waals surface area contributed by atoms with Gasteiger partial charge in [-0.3, -0.25) is 23.1 Å². The first-order chi connectivity index (χ1) is 14.5. The van der Waals surface area contributed by atoms with Crippen LogP contribution in [0.1, 0.15) is 58.2 Å². The maximum Gasteiger partial charge on any atom is 0.332 e. The molecule has 4 rings (SSSR count). The van der Waals surface area contributed by atoms with Crippen LogP contribution in [0.3, 0.4) is 0 Å². The highest BCUT2D eigenvalue weighted by atomic mass is 16.5. The number of hydrogen-bond donors (Lipinski definition) is 0. The Morgan fingerprint density at radius 3 is 2.65 bits per heavy atom. The summed E-state index contributed by atoms with van der Waals surface area (Å²) in [6.07, 6.45) is 5.16. The zero-order valence-electron chi connectivity index (χ0n) is 19.1. The van der Waals surface area contributed by atoms with Crippen LogP contribution in [0, 0.1) is 18.3 Å². The minimum atomic E-state index is -0.488. The first-order valence-electron chi connectivity index (χ1n) is 10.8. The Balaban J connectivity index is 1.91. The molecule has 1 fully saturated rings. The predicted molar refractivity (Wildman–Crippen MR) is 117 cm³/mol. The average Bonchev–Trinajstić information content (AvgIpc) is 3.18. The minimum absolute atomic E-state index is 0.0324. The molecule has 2 atom stereocenters. The third-order valence-corrected chi connectivity index (χ3v) is 6.56. The summed E-state index contributed by atoms with van der Waals surface area (Å²) in [6.45, 7) is 8.89. The summed E-state index contributed by atoms with van der Waals surface area (Å²) in [5.74, 6) is 0.809. The second-order valence-electron chi connectivity index (χ2n) is 9.79. The van der Waals surface area contributed by atoms with Crippen LogP contribution in [0.4, 0.5) is 0 Å². The van der Waals surface area contributed by atoms with Gasteiger partial charge in [-0.15, -0.1) is 0 Å². The normalized spacial score (nSPS) is 21.1. The molecule has 0 saturated heterocycles. The van der Waals surface area contributed by atoms with E-state index in [0.717, 1.165) is 23.1 Å². The molecule has 9 nitrogen and oxygen atoms in total. The van der Waals surface area contributed by atoms with Gasteiger partial charge in [-0.2, -0.15) is 4.98 Å². The summed E-state index contributed by atoms with van der Waals surface area (Å²) in [4.78, 5) is 42.4. The molecule has 1 aliphatic rings. The third-order valence-electron chi connectivity index (χ3n) is 6.56. The molecule has 0 radical (unpaired) electrons. The summed E-state index contributed by atoms with van der Waals surface area (Å²) >= 11 is 0. The zero-order valence-corrected chi connectivity index (χ0v) is 19.1. The fraction of sp³-hybridized carbons (Fsp3) is 0.636. The van der Waals surface area contributed by atoms with Crippen LogP contribution >= 0.6 is 0 Å². The standard InChI is InChI=1S/C22H31N5O4/c1-13-9-15(11-22(3,4)10-13)27-14(2)12-26-17-18(23-20(26)27)24(5)21(30)25(19(17)29)8-7-16(28)31-6/h12-13,15H,7-11H2,1-6H3/t13-,15-/m1/s1. The van der Waals surface area contributed by atoms with E-state index in [9.17, 15) is 14.4 Å². The van der Waals surface area contributed by atoms with Gasteiger partial charge < -0.3 is 9.30 Å². The lowest BCUT2D eigenvalue weighted by Crippen LogP contribution is -2.39. The Kier molecular flexibility index (Phi) is 5.10. The monoisotopic (exact) mass is 429 g/mol. The van der Waals surface area contributed by atoms with E-state index < -0.39 is 17.2 Å². The Morgan fingerprint density at radius 1 is 1.29 bits per heavy atom. The molecule has 0 N–H and O–H groups in total. The molecule has 0 aliphatic heterocycles. The Hall–Kier alpha value is -2.84. The first kappa shape index (κ1) is 21.4. The van der Waals surface area contributed by atoms with E-state index in [2.05, 4.69) is 30.1 Å². The largest absolute Gasteiger partial charge is 0.469 e. The molecule has 3 aromatic rings. The van der Waals surface area contributed by atoms with Crippen molar-refractivity contribution in [1.29, 1.82) is 0 Å². The average molecular weight is 430 g/mol. The van der Waals surface area contributed by atoms with E-state index in [0.29, 0.717) is 22.9 Å². The van der Waals surface area contributed by atoms with Crippen molar-refractivity contribution in [2.45, 2.75) is 66.0 Å². The van der Waals surface area contributed by atoms with Crippen molar-refractivity contribution in [1.82, 2.24) is 23.1 Å². The van der Waals surface area contributed by atoms with Crippen molar-refractivity contribution >= 4 is 22.9 Å². The Morgan fingerprint density at radius 2 is 2.00 bits per heavy atom. The Bertz CT molecular complexity index is 1290. The quantitative estimate of drug-likeness (QED) is 0.594. The molecule has 31 heavy (non-hydrogen) atoms. The lowest BCUT2D eigenvalue weighted by Gasteiger charge is -2.39. The molecule has 0 aromatic carbocycles. The SMILES string of the molecule is COC(=O)CCn1c(=O)c2c(nc3n([C@@H]4C[C@@H](C)CC(C)(C)C4)c(C)cn23)n(C)c1=O. The number of methoxy groups -OCH3 is 1. The highest BCUT2D eigenvalue weighted by Gasteiger charge is 2.34. The number of hydrogen-bond acceptors (Lipinski definition) is 5. The smallest absolute Gasteiger partial charge is 0.332 e. The number of imidazole rings is 2. The van der Waals surface area contributed by atoms with E-state index in [4.69, 9.17) is 4.98 Å². The van der Waals surface area contributed by atoms with Gasteiger partial charge in [-0.1, -0.05) is 20.8 Å². The van der Waals surface area contributed by atoms with Gasteiger partial charge in [0, 0.05) is 31.5 Å². The van der Waals surface area contributed by atoms with Gasteiger partial charge in [0.05, 0.1) is 13.5 Å². The van der Waals surface area contributed by atoms with Gasteiger partial charge in [0.25, 0.3) is 5.56 Å². The van der Waals surface area contributed by atoms with E-state index in [1.807, 2.05) is 13.1 Å². The lowest BCUT2D eigenvalue weighted by atomic mass is 9.70. The zero-order chi connectivity index (χ0) is 22.7. The van der Waals surface area contributed by atoms with Crippen LogP contribution in [0.2, 0.25) is 0 Å². The molecular formula is C22H31N5O4. The van der Waals surface area contributed by atoms with Crippen LogP contribution in [-0.4, -0.2) is 36.2 Å². The number of rotatable bonds is 4. The number of fused-ring (bicyclic) bond motifs is 3. The molecule has 3 aromatic heterocycles. The second-order valence-corrected chi connectivity index (χ2v) is 9.79. The van der Waals surface area contributed by atoms with Gasteiger partial charge in [-0.25, -0.2) is 4.79 Å². The van der Waals surface area contributed by atoms with Crippen LogP contribution in [0.5, 0.6) is 0 Å². The van der Waals surface area contributed by atoms with Crippen molar-refractivity contribution in [2.75, 3.05) is 7.11 Å². The van der Waals surface area contributed by atoms with Crippen molar-refractivity contribution in [3.63, 3.8) is 0 Å². The van der Waals surface area contributed by atoms with E-state index in [-0.39, 0.29) is 24.4 Å². The fourth-order valence-corrected chi connectivity index (χ4v) is 5.47. The summed E-state index contributed by atoms with van der Waals surface area (Å²) < 4.78 is 11.1. The van der Waals surface area contributed by atoms with Crippen molar-refractivity contribution in [3.05, 3.63) is 32.7 Å². The van der Waals surface area contributed by atoms with Crippen LogP contribution in [0.25, 0.3) is 16.9 Å². The van der Waals surface area contributed by atoms with Gasteiger partial charge in [0.15, 0.2) is 11.2 Å². The van der Waals surface area contributed by atoms with E-state index in [1.165, 1.54) is 18.1 Å². The van der Waals surface area contributed by atoms with Crippen LogP contribution in [-0.2, 0) is 23.1 Å². The number of ether oxygens (including phenoxy) is 1. The molecule has 0 bridgehead atoms. The molecule has 0 spiro atoms. The summed E-state index contributed by atoms with van der Waals surface area (Å²) in [5.41, 5.74) is 1.05. The van der Waals surface area contributed by atoms with Crippen LogP contribution in [0.15, 0.2) is 15.8 Å². The molecule has 9 heteroatoms. The minimum Gasteiger partial charge on any atom is -0.469 e. The van der Waals surface area contributed by atoms with Gasteiger partial charge in [-0.05, 0) is 37.5 Å². The van der Waals surface area contributed by atoms with Crippen LogP contribution < -0.4 is 11.2 Å². The number of carbonyl (C=O) groups is 1. The van der Waals surface area contributed by atoms with Crippen molar-refractivity contribution in [3.8, 4) is 0 Å².